The lowest BCUT2D eigenvalue weighted by atomic mass is 9.94. The minimum Gasteiger partial charge on any atom is -0.354 e. The highest BCUT2D eigenvalue weighted by Crippen LogP contribution is 2.25. The molecule has 0 spiro atoms. The summed E-state index contributed by atoms with van der Waals surface area (Å²) in [5, 5.41) is 8.25. The molecule has 1 aromatic rings. The van der Waals surface area contributed by atoms with Gasteiger partial charge in [-0.25, -0.2) is 4.79 Å². The van der Waals surface area contributed by atoms with Crippen molar-refractivity contribution in [1.29, 1.82) is 0 Å². The van der Waals surface area contributed by atoms with E-state index in [1.54, 1.807) is 6.07 Å². The van der Waals surface area contributed by atoms with Gasteiger partial charge in [0, 0.05) is 11.0 Å². The summed E-state index contributed by atoms with van der Waals surface area (Å²) in [4.78, 5) is 23.8. The van der Waals surface area contributed by atoms with Gasteiger partial charge in [-0.2, -0.15) is 0 Å². The van der Waals surface area contributed by atoms with Crippen LogP contribution in [0, 0.1) is 12.8 Å². The van der Waals surface area contributed by atoms with Crippen molar-refractivity contribution in [3.05, 3.63) is 28.2 Å². The first kappa shape index (κ1) is 14.8. The van der Waals surface area contributed by atoms with E-state index in [2.05, 4.69) is 31.9 Å². The second kappa shape index (κ2) is 6.26. The zero-order chi connectivity index (χ0) is 14.7. The molecular formula is C14H18BrN3O2. The number of benzene rings is 1. The maximum absolute atomic E-state index is 12.0. The van der Waals surface area contributed by atoms with Crippen molar-refractivity contribution in [2.24, 2.45) is 5.92 Å². The second-order valence-electron chi connectivity index (χ2n) is 5.07. The molecule has 0 saturated carbocycles. The molecule has 108 valence electrons. The predicted molar refractivity (Wildman–Crippen MR) is 81.6 cm³/mol. The van der Waals surface area contributed by atoms with Gasteiger partial charge in [-0.1, -0.05) is 19.1 Å². The summed E-state index contributed by atoms with van der Waals surface area (Å²) in [5.74, 6) is 0.0117. The summed E-state index contributed by atoms with van der Waals surface area (Å²) in [7, 11) is 0. The van der Waals surface area contributed by atoms with Crippen LogP contribution < -0.4 is 16.0 Å². The first-order valence-electron chi connectivity index (χ1n) is 6.59. The molecule has 2 rings (SSSR count). The van der Waals surface area contributed by atoms with Crippen LogP contribution in [0.15, 0.2) is 22.7 Å². The molecule has 3 N–H and O–H groups in total. The van der Waals surface area contributed by atoms with Crippen LogP contribution in [0.2, 0.25) is 0 Å². The zero-order valence-corrected chi connectivity index (χ0v) is 13.1. The molecule has 0 bridgehead atoms. The van der Waals surface area contributed by atoms with Gasteiger partial charge >= 0.3 is 6.03 Å². The minimum atomic E-state index is -0.479. The van der Waals surface area contributed by atoms with Crippen LogP contribution in [0.4, 0.5) is 10.5 Å². The van der Waals surface area contributed by atoms with Crippen LogP contribution in [0.5, 0.6) is 0 Å². The lowest BCUT2D eigenvalue weighted by Gasteiger charge is -2.29. The molecule has 0 aromatic heterocycles. The fourth-order valence-corrected chi connectivity index (χ4v) is 2.57. The highest BCUT2D eigenvalue weighted by atomic mass is 79.9. The molecule has 1 fully saturated rings. The highest BCUT2D eigenvalue weighted by Gasteiger charge is 2.30. The lowest BCUT2D eigenvalue weighted by Crippen LogP contribution is -2.55. The van der Waals surface area contributed by atoms with Gasteiger partial charge in [0.2, 0.25) is 5.91 Å². The van der Waals surface area contributed by atoms with E-state index in [1.165, 1.54) is 0 Å². The number of rotatable bonds is 2. The largest absolute Gasteiger partial charge is 0.354 e. The van der Waals surface area contributed by atoms with Crippen molar-refractivity contribution in [2.75, 3.05) is 11.9 Å². The maximum atomic E-state index is 12.0. The van der Waals surface area contributed by atoms with Crippen molar-refractivity contribution in [3.63, 3.8) is 0 Å². The van der Waals surface area contributed by atoms with Crippen LogP contribution in [0.25, 0.3) is 0 Å². The molecule has 1 saturated heterocycles. The van der Waals surface area contributed by atoms with Crippen LogP contribution in [-0.2, 0) is 4.79 Å². The van der Waals surface area contributed by atoms with Gasteiger partial charge < -0.3 is 16.0 Å². The smallest absolute Gasteiger partial charge is 0.319 e. The Morgan fingerprint density at radius 2 is 2.20 bits per heavy atom. The number of piperidine rings is 1. The average Bonchev–Trinajstić information content (AvgIpc) is 2.39. The normalized spacial score (nSPS) is 22.1. The lowest BCUT2D eigenvalue weighted by molar-refractivity contribution is -0.125. The van der Waals surface area contributed by atoms with Gasteiger partial charge in [-0.05, 0) is 46.8 Å². The third kappa shape index (κ3) is 3.30. The third-order valence-electron chi connectivity index (χ3n) is 3.48. The highest BCUT2D eigenvalue weighted by molar-refractivity contribution is 9.10. The summed E-state index contributed by atoms with van der Waals surface area (Å²) < 4.78 is 0.844. The van der Waals surface area contributed by atoms with E-state index >= 15 is 0 Å². The van der Waals surface area contributed by atoms with Gasteiger partial charge in [0.1, 0.15) is 6.04 Å². The van der Waals surface area contributed by atoms with E-state index in [0.717, 1.165) is 16.5 Å². The minimum absolute atomic E-state index is 0.123. The summed E-state index contributed by atoms with van der Waals surface area (Å²) in [5.41, 5.74) is 1.72. The van der Waals surface area contributed by atoms with Crippen LogP contribution in [0.3, 0.4) is 0 Å². The van der Waals surface area contributed by atoms with Crippen LogP contribution >= 0.6 is 15.9 Å². The van der Waals surface area contributed by atoms with Gasteiger partial charge in [-0.15, -0.1) is 0 Å². The second-order valence-corrected chi connectivity index (χ2v) is 5.86. The molecule has 3 amide bonds. The number of carbonyl (C=O) groups excluding carboxylic acids is 2. The standard InChI is InChI=1S/C14H18BrN3O2/c1-8-4-3-5-10(11(8)15)17-14(20)18-12-9(2)6-7-16-13(12)19/h3-5,9,12H,6-7H2,1-2H3,(H,16,19)(H2,17,18,20)/t9-,12+/m1/s1. The van der Waals surface area contributed by atoms with Gasteiger partial charge in [0.25, 0.3) is 0 Å². The molecule has 1 aliphatic heterocycles. The molecule has 20 heavy (non-hydrogen) atoms. The molecule has 0 radical (unpaired) electrons. The van der Waals surface area contributed by atoms with Crippen molar-refractivity contribution in [2.45, 2.75) is 26.3 Å². The van der Waals surface area contributed by atoms with Crippen LogP contribution in [0.1, 0.15) is 18.9 Å². The molecule has 1 aliphatic rings. The Morgan fingerprint density at radius 3 is 2.90 bits per heavy atom. The Bertz CT molecular complexity index is 533. The Morgan fingerprint density at radius 1 is 1.45 bits per heavy atom. The summed E-state index contributed by atoms with van der Waals surface area (Å²) in [6, 6.07) is 4.77. The number of halogens is 1. The average molecular weight is 340 g/mol. The van der Waals surface area contributed by atoms with Gasteiger partial charge in [0.05, 0.1) is 5.69 Å². The van der Waals surface area contributed by atoms with E-state index in [0.29, 0.717) is 12.2 Å². The molecule has 6 heteroatoms. The first-order valence-corrected chi connectivity index (χ1v) is 7.38. The Labute approximate surface area is 126 Å². The number of hydrogen-bond donors (Lipinski definition) is 3. The zero-order valence-electron chi connectivity index (χ0n) is 11.5. The van der Waals surface area contributed by atoms with E-state index in [-0.39, 0.29) is 17.9 Å². The predicted octanol–water partition coefficient (Wildman–Crippen LogP) is 2.40. The van der Waals surface area contributed by atoms with E-state index in [4.69, 9.17) is 0 Å². The maximum Gasteiger partial charge on any atom is 0.319 e. The summed E-state index contributed by atoms with van der Waals surface area (Å²) in [6.07, 6.45) is 0.866. The van der Waals surface area contributed by atoms with Gasteiger partial charge in [0.15, 0.2) is 0 Å². The number of urea groups is 1. The molecule has 0 unspecified atom stereocenters. The SMILES string of the molecule is Cc1cccc(NC(=O)N[C@@H]2C(=O)NCC[C@H]2C)c1Br. The fraction of sp³-hybridized carbons (Fsp3) is 0.429. The Kier molecular flexibility index (Phi) is 4.65. The van der Waals surface area contributed by atoms with Crippen molar-refractivity contribution in [3.8, 4) is 0 Å². The number of nitrogens with one attached hydrogen (secondary N) is 3. The molecule has 1 aromatic carbocycles. The summed E-state index contributed by atoms with van der Waals surface area (Å²) in [6.45, 7) is 4.58. The molecular weight excluding hydrogens is 322 g/mol. The van der Waals surface area contributed by atoms with E-state index in [9.17, 15) is 9.59 Å². The van der Waals surface area contributed by atoms with Crippen molar-refractivity contribution < 1.29 is 9.59 Å². The molecule has 0 aliphatic carbocycles. The number of carbonyl (C=O) groups is 2. The topological polar surface area (TPSA) is 70.2 Å². The van der Waals surface area contributed by atoms with E-state index in [1.807, 2.05) is 26.0 Å². The number of aryl methyl sites for hydroxylation is 1. The fourth-order valence-electron chi connectivity index (χ4n) is 2.21. The Balaban J connectivity index is 2.02. The summed E-state index contributed by atoms with van der Waals surface area (Å²) >= 11 is 3.44. The first-order chi connectivity index (χ1) is 9.49. The third-order valence-corrected chi connectivity index (χ3v) is 4.53. The van der Waals surface area contributed by atoms with Crippen molar-refractivity contribution in [1.82, 2.24) is 10.6 Å². The molecule has 1 heterocycles. The number of anilines is 1. The number of hydrogen-bond acceptors (Lipinski definition) is 2. The quantitative estimate of drug-likeness (QED) is 0.774. The Hall–Kier alpha value is -1.56. The van der Waals surface area contributed by atoms with Gasteiger partial charge in [-0.3, -0.25) is 4.79 Å². The number of amides is 3. The van der Waals surface area contributed by atoms with Crippen LogP contribution in [-0.4, -0.2) is 24.5 Å². The molecule has 2 atom stereocenters. The van der Waals surface area contributed by atoms with E-state index < -0.39 is 6.04 Å². The molecule has 5 nitrogen and oxygen atoms in total. The monoisotopic (exact) mass is 339 g/mol. The van der Waals surface area contributed by atoms with Crippen molar-refractivity contribution >= 4 is 33.6 Å².